The van der Waals surface area contributed by atoms with Gasteiger partial charge in [-0.25, -0.2) is 4.39 Å². The fourth-order valence-corrected chi connectivity index (χ4v) is 3.35. The molecule has 1 aromatic carbocycles. The van der Waals surface area contributed by atoms with Gasteiger partial charge in [0, 0.05) is 31.2 Å². The number of hydrogen-bond acceptors (Lipinski definition) is 2. The van der Waals surface area contributed by atoms with Crippen LogP contribution in [0, 0.1) is 11.7 Å². The molecule has 24 heavy (non-hydrogen) atoms. The summed E-state index contributed by atoms with van der Waals surface area (Å²) < 4.78 is 18.9. The predicted molar refractivity (Wildman–Crippen MR) is 94.8 cm³/mol. The van der Waals surface area contributed by atoms with E-state index in [1.54, 1.807) is 12.1 Å². The summed E-state index contributed by atoms with van der Waals surface area (Å²) in [6.45, 7) is 7.34. The van der Waals surface area contributed by atoms with Crippen LogP contribution < -0.4 is 10.6 Å². The molecule has 0 aromatic heterocycles. The van der Waals surface area contributed by atoms with Crippen molar-refractivity contribution in [3.63, 3.8) is 0 Å². The number of benzene rings is 1. The highest BCUT2D eigenvalue weighted by atomic mass is 19.1. The summed E-state index contributed by atoms with van der Waals surface area (Å²) in [5.74, 6) is 1.42. The van der Waals surface area contributed by atoms with Gasteiger partial charge in [0.15, 0.2) is 5.96 Å². The summed E-state index contributed by atoms with van der Waals surface area (Å²) in [6, 6.07) is 7.44. The maximum atomic E-state index is 13.3. The van der Waals surface area contributed by atoms with Gasteiger partial charge in [0.1, 0.15) is 5.82 Å². The molecule has 1 heterocycles. The highest BCUT2D eigenvalue weighted by Crippen LogP contribution is 2.35. The molecule has 132 valence electrons. The minimum Gasteiger partial charge on any atom is -0.381 e. The topological polar surface area (TPSA) is 45.7 Å². The van der Waals surface area contributed by atoms with Gasteiger partial charge in [-0.2, -0.15) is 0 Å². The van der Waals surface area contributed by atoms with E-state index in [-0.39, 0.29) is 11.2 Å². The van der Waals surface area contributed by atoms with Crippen LogP contribution in [0.4, 0.5) is 4.39 Å². The molecule has 0 amide bonds. The van der Waals surface area contributed by atoms with Crippen molar-refractivity contribution in [2.45, 2.75) is 44.6 Å². The highest BCUT2D eigenvalue weighted by Gasteiger charge is 2.36. The van der Waals surface area contributed by atoms with Crippen LogP contribution in [0.15, 0.2) is 29.3 Å². The van der Waals surface area contributed by atoms with Crippen molar-refractivity contribution >= 4 is 5.96 Å². The van der Waals surface area contributed by atoms with E-state index in [1.165, 1.54) is 6.42 Å². The van der Waals surface area contributed by atoms with Crippen molar-refractivity contribution in [3.05, 3.63) is 35.6 Å². The Morgan fingerprint density at radius 2 is 1.96 bits per heavy atom. The van der Waals surface area contributed by atoms with Crippen LogP contribution in [0.25, 0.3) is 0 Å². The summed E-state index contributed by atoms with van der Waals surface area (Å²) in [5.41, 5.74) is 1.09. The maximum Gasteiger partial charge on any atom is 0.191 e. The Morgan fingerprint density at radius 3 is 2.54 bits per heavy atom. The molecule has 2 fully saturated rings. The van der Waals surface area contributed by atoms with Gasteiger partial charge >= 0.3 is 0 Å². The molecule has 4 nitrogen and oxygen atoms in total. The first-order valence-corrected chi connectivity index (χ1v) is 9.01. The van der Waals surface area contributed by atoms with Crippen molar-refractivity contribution in [2.75, 3.05) is 26.3 Å². The number of nitrogens with zero attached hydrogens (tertiary/aromatic N) is 1. The van der Waals surface area contributed by atoms with Crippen LogP contribution in [0.5, 0.6) is 0 Å². The van der Waals surface area contributed by atoms with Crippen molar-refractivity contribution in [1.29, 1.82) is 0 Å². The lowest BCUT2D eigenvalue weighted by molar-refractivity contribution is 0.0531. The molecule has 1 saturated heterocycles. The van der Waals surface area contributed by atoms with Crippen LogP contribution in [0.3, 0.4) is 0 Å². The van der Waals surface area contributed by atoms with E-state index in [0.29, 0.717) is 12.6 Å². The van der Waals surface area contributed by atoms with Gasteiger partial charge in [-0.15, -0.1) is 0 Å². The van der Waals surface area contributed by atoms with Crippen LogP contribution >= 0.6 is 0 Å². The Kier molecular flexibility index (Phi) is 5.39. The molecular formula is C19H28FN3O. The zero-order valence-electron chi connectivity index (χ0n) is 14.6. The third kappa shape index (κ3) is 4.07. The smallest absolute Gasteiger partial charge is 0.191 e. The fourth-order valence-electron chi connectivity index (χ4n) is 3.35. The Balaban J connectivity index is 1.77. The zero-order chi connectivity index (χ0) is 17.0. The van der Waals surface area contributed by atoms with Crippen molar-refractivity contribution < 1.29 is 9.13 Å². The van der Waals surface area contributed by atoms with E-state index in [0.717, 1.165) is 50.0 Å². The molecule has 2 unspecified atom stereocenters. The number of halogens is 1. The number of hydrogen-bond donors (Lipinski definition) is 2. The number of rotatable bonds is 5. The van der Waals surface area contributed by atoms with Gasteiger partial charge < -0.3 is 15.4 Å². The molecule has 5 heteroatoms. The van der Waals surface area contributed by atoms with E-state index in [2.05, 4.69) is 24.5 Å². The molecule has 2 N–H and O–H groups in total. The Bertz CT molecular complexity index is 566. The molecule has 1 saturated carbocycles. The Labute approximate surface area is 143 Å². The van der Waals surface area contributed by atoms with Gasteiger partial charge in [-0.1, -0.05) is 19.1 Å². The fraction of sp³-hybridized carbons (Fsp3) is 0.632. The van der Waals surface area contributed by atoms with Gasteiger partial charge in [0.05, 0.1) is 6.54 Å². The van der Waals surface area contributed by atoms with Crippen LogP contribution in [-0.2, 0) is 10.2 Å². The maximum absolute atomic E-state index is 13.3. The number of guanidine groups is 1. The molecule has 2 atom stereocenters. The zero-order valence-corrected chi connectivity index (χ0v) is 14.6. The molecule has 0 spiro atoms. The third-order valence-corrected chi connectivity index (χ3v) is 5.22. The predicted octanol–water partition coefficient (Wildman–Crippen LogP) is 2.84. The Morgan fingerprint density at radius 1 is 1.29 bits per heavy atom. The van der Waals surface area contributed by atoms with Crippen LogP contribution in [0.2, 0.25) is 0 Å². The molecule has 2 aliphatic rings. The second kappa shape index (κ2) is 7.51. The number of ether oxygens (including phenoxy) is 1. The van der Waals surface area contributed by atoms with E-state index in [1.807, 2.05) is 12.1 Å². The quantitative estimate of drug-likeness (QED) is 0.643. The molecule has 1 aliphatic heterocycles. The largest absolute Gasteiger partial charge is 0.381 e. The summed E-state index contributed by atoms with van der Waals surface area (Å²) in [4.78, 5) is 4.87. The van der Waals surface area contributed by atoms with E-state index in [4.69, 9.17) is 9.73 Å². The first kappa shape index (κ1) is 17.2. The molecule has 0 bridgehead atoms. The lowest BCUT2D eigenvalue weighted by atomic mass is 9.74. The number of nitrogens with one attached hydrogen (secondary N) is 2. The molecule has 3 rings (SSSR count). The Hall–Kier alpha value is -1.62. The summed E-state index contributed by atoms with van der Waals surface area (Å²) >= 11 is 0. The van der Waals surface area contributed by atoms with Crippen molar-refractivity contribution in [2.24, 2.45) is 10.9 Å². The highest BCUT2D eigenvalue weighted by molar-refractivity contribution is 5.80. The van der Waals surface area contributed by atoms with Crippen LogP contribution in [0.1, 0.15) is 38.7 Å². The minimum absolute atomic E-state index is 0.0660. The van der Waals surface area contributed by atoms with E-state index in [9.17, 15) is 4.39 Å². The van der Waals surface area contributed by atoms with E-state index >= 15 is 0 Å². The van der Waals surface area contributed by atoms with Crippen LogP contribution in [-0.4, -0.2) is 38.3 Å². The summed E-state index contributed by atoms with van der Waals surface area (Å²) in [7, 11) is 0. The lowest BCUT2D eigenvalue weighted by Crippen LogP contribution is -2.42. The SMILES string of the molecule is CCNC(=NCC1(c2ccc(F)cc2)CCOCC1)NC1CC1C. The summed E-state index contributed by atoms with van der Waals surface area (Å²) in [6.07, 6.45) is 3.05. The standard InChI is InChI=1S/C19H28FN3O/c1-3-21-18(23-17-12-14(17)2)22-13-19(8-10-24-11-9-19)15-4-6-16(20)7-5-15/h4-7,14,17H,3,8-13H2,1-2H3,(H2,21,22,23). The normalized spacial score (nSPS) is 26.0. The first-order valence-electron chi connectivity index (χ1n) is 9.01. The second-order valence-electron chi connectivity index (χ2n) is 7.06. The minimum atomic E-state index is -0.192. The summed E-state index contributed by atoms with van der Waals surface area (Å²) in [5, 5.41) is 6.85. The second-order valence-corrected chi connectivity index (χ2v) is 7.06. The molecule has 0 radical (unpaired) electrons. The lowest BCUT2D eigenvalue weighted by Gasteiger charge is -2.36. The van der Waals surface area contributed by atoms with Gasteiger partial charge in [-0.3, -0.25) is 4.99 Å². The third-order valence-electron chi connectivity index (χ3n) is 5.22. The average molecular weight is 333 g/mol. The van der Waals surface area contributed by atoms with Gasteiger partial charge in [0.25, 0.3) is 0 Å². The molecular weight excluding hydrogens is 305 g/mol. The monoisotopic (exact) mass is 333 g/mol. The van der Waals surface area contributed by atoms with Crippen molar-refractivity contribution in [3.8, 4) is 0 Å². The van der Waals surface area contributed by atoms with Gasteiger partial charge in [0.2, 0.25) is 0 Å². The molecule has 1 aromatic rings. The van der Waals surface area contributed by atoms with E-state index < -0.39 is 0 Å². The first-order chi connectivity index (χ1) is 11.6. The van der Waals surface area contributed by atoms with Crippen molar-refractivity contribution in [1.82, 2.24) is 10.6 Å². The average Bonchev–Trinajstić information content (AvgIpc) is 3.29. The molecule has 1 aliphatic carbocycles. The van der Waals surface area contributed by atoms with Gasteiger partial charge in [-0.05, 0) is 49.8 Å². The number of aliphatic imine (C=N–C) groups is 1.